The van der Waals surface area contributed by atoms with Gasteiger partial charge in [-0.2, -0.15) is 0 Å². The molecular formula is C17H20NO5-. The van der Waals surface area contributed by atoms with Crippen LogP contribution in [0.4, 0.5) is 0 Å². The number of rotatable bonds is 5. The van der Waals surface area contributed by atoms with E-state index in [1.54, 1.807) is 18.2 Å². The number of hydrogen-bond acceptors (Lipinski definition) is 5. The topological polar surface area (TPSA) is 87.7 Å². The first-order chi connectivity index (χ1) is 11.1. The molecule has 0 aromatic heterocycles. The lowest BCUT2D eigenvalue weighted by atomic mass is 9.88. The summed E-state index contributed by atoms with van der Waals surface area (Å²) < 4.78 is 10.6. The Morgan fingerprint density at radius 1 is 1.17 bits per heavy atom. The van der Waals surface area contributed by atoms with E-state index in [9.17, 15) is 14.7 Å². The molecule has 1 aromatic rings. The second-order valence-electron chi connectivity index (χ2n) is 6.08. The molecule has 2 aliphatic rings. The van der Waals surface area contributed by atoms with Crippen LogP contribution in [-0.2, 0) is 9.59 Å². The monoisotopic (exact) mass is 318 g/mol. The zero-order valence-electron chi connectivity index (χ0n) is 12.9. The van der Waals surface area contributed by atoms with E-state index in [1.807, 2.05) is 0 Å². The maximum atomic E-state index is 12.4. The normalized spacial score (nSPS) is 18.4. The Bertz CT molecular complexity index is 595. The first kappa shape index (κ1) is 15.6. The summed E-state index contributed by atoms with van der Waals surface area (Å²) >= 11 is 0. The lowest BCUT2D eigenvalue weighted by molar-refractivity contribution is -0.306. The Morgan fingerprint density at radius 2 is 1.91 bits per heavy atom. The van der Waals surface area contributed by atoms with Gasteiger partial charge < -0.3 is 24.7 Å². The third-order valence-corrected chi connectivity index (χ3v) is 4.46. The van der Waals surface area contributed by atoms with Crippen LogP contribution in [0.2, 0.25) is 0 Å². The van der Waals surface area contributed by atoms with E-state index in [0.29, 0.717) is 17.1 Å². The molecule has 6 nitrogen and oxygen atoms in total. The number of carboxylic acids is 1. The smallest absolute Gasteiger partial charge is 0.231 e. The molecule has 1 heterocycles. The van der Waals surface area contributed by atoms with Gasteiger partial charge in [-0.05, 0) is 30.5 Å². The highest BCUT2D eigenvalue weighted by Crippen LogP contribution is 2.35. The van der Waals surface area contributed by atoms with Crippen molar-refractivity contribution in [3.8, 4) is 11.5 Å². The van der Waals surface area contributed by atoms with Gasteiger partial charge in [-0.25, -0.2) is 0 Å². The fourth-order valence-corrected chi connectivity index (χ4v) is 3.20. The molecule has 0 unspecified atom stereocenters. The predicted molar refractivity (Wildman–Crippen MR) is 79.6 cm³/mol. The van der Waals surface area contributed by atoms with Gasteiger partial charge in [0, 0.05) is 18.3 Å². The van der Waals surface area contributed by atoms with E-state index in [1.165, 1.54) is 0 Å². The van der Waals surface area contributed by atoms with Crippen LogP contribution in [0.25, 0.3) is 0 Å². The first-order valence-electron chi connectivity index (χ1n) is 8.03. The van der Waals surface area contributed by atoms with Crippen molar-refractivity contribution in [1.29, 1.82) is 0 Å². The van der Waals surface area contributed by atoms with Crippen molar-refractivity contribution in [3.05, 3.63) is 23.8 Å². The van der Waals surface area contributed by atoms with E-state index in [-0.39, 0.29) is 25.0 Å². The van der Waals surface area contributed by atoms with Gasteiger partial charge in [0.2, 0.25) is 12.7 Å². The van der Waals surface area contributed by atoms with Crippen LogP contribution in [0.3, 0.4) is 0 Å². The van der Waals surface area contributed by atoms with Crippen LogP contribution < -0.4 is 19.9 Å². The van der Waals surface area contributed by atoms with Crippen LogP contribution in [0.5, 0.6) is 11.5 Å². The van der Waals surface area contributed by atoms with Gasteiger partial charge in [0.1, 0.15) is 0 Å². The predicted octanol–water partition coefficient (Wildman–Crippen LogP) is 1.29. The summed E-state index contributed by atoms with van der Waals surface area (Å²) in [6, 6.07) is 4.58. The fourth-order valence-electron chi connectivity index (χ4n) is 3.20. The maximum absolute atomic E-state index is 12.4. The quantitative estimate of drug-likeness (QED) is 0.884. The van der Waals surface area contributed by atoms with Crippen molar-refractivity contribution in [3.63, 3.8) is 0 Å². The van der Waals surface area contributed by atoms with Gasteiger partial charge >= 0.3 is 0 Å². The molecule has 124 valence electrons. The minimum absolute atomic E-state index is 0.0259. The van der Waals surface area contributed by atoms with E-state index in [2.05, 4.69) is 5.32 Å². The molecule has 0 bridgehead atoms. The molecule has 6 heteroatoms. The number of benzene rings is 1. The van der Waals surface area contributed by atoms with Crippen molar-refractivity contribution in [2.75, 3.05) is 6.79 Å². The average Bonchev–Trinajstić information content (AvgIpc) is 3.02. The number of carbonyl (C=O) groups excluding carboxylic acids is 2. The van der Waals surface area contributed by atoms with Gasteiger partial charge in [-0.15, -0.1) is 0 Å². The SMILES string of the molecule is O=C([O-])C[C@H](NC(=O)C1CCCCC1)c1ccc2c(c1)OCO2. The Labute approximate surface area is 134 Å². The maximum Gasteiger partial charge on any atom is 0.231 e. The molecule has 1 atom stereocenters. The summed E-state index contributed by atoms with van der Waals surface area (Å²) in [6.45, 7) is 0.151. The number of carbonyl (C=O) groups is 2. The number of hydrogen-bond donors (Lipinski definition) is 1. The Kier molecular flexibility index (Phi) is 4.69. The highest BCUT2D eigenvalue weighted by atomic mass is 16.7. The molecule has 0 radical (unpaired) electrons. The molecule has 3 rings (SSSR count). The second kappa shape index (κ2) is 6.89. The average molecular weight is 318 g/mol. The Balaban J connectivity index is 1.74. The van der Waals surface area contributed by atoms with Crippen molar-refractivity contribution >= 4 is 11.9 Å². The summed E-state index contributed by atoms with van der Waals surface area (Å²) in [5.74, 6) is -0.107. The van der Waals surface area contributed by atoms with Gasteiger partial charge in [0.25, 0.3) is 0 Å². The summed E-state index contributed by atoms with van der Waals surface area (Å²) in [4.78, 5) is 23.5. The zero-order chi connectivity index (χ0) is 16.2. The Hall–Kier alpha value is -2.24. The minimum Gasteiger partial charge on any atom is -0.550 e. The van der Waals surface area contributed by atoms with Crippen LogP contribution in [0, 0.1) is 5.92 Å². The summed E-state index contributed by atoms with van der Waals surface area (Å²) in [6.07, 6.45) is 4.73. The van der Waals surface area contributed by atoms with Crippen molar-refractivity contribution in [1.82, 2.24) is 5.32 Å². The summed E-state index contributed by atoms with van der Waals surface area (Å²) in [5, 5.41) is 13.9. The largest absolute Gasteiger partial charge is 0.550 e. The number of aliphatic carboxylic acids is 1. The minimum atomic E-state index is -1.20. The van der Waals surface area contributed by atoms with Gasteiger partial charge in [-0.1, -0.05) is 25.3 Å². The molecule has 1 aliphatic carbocycles. The van der Waals surface area contributed by atoms with Gasteiger partial charge in [0.05, 0.1) is 6.04 Å². The molecule has 1 fully saturated rings. The summed E-state index contributed by atoms with van der Waals surface area (Å²) in [7, 11) is 0. The molecule has 23 heavy (non-hydrogen) atoms. The van der Waals surface area contributed by atoms with E-state index in [4.69, 9.17) is 9.47 Å². The van der Waals surface area contributed by atoms with Gasteiger partial charge in [-0.3, -0.25) is 4.79 Å². The third-order valence-electron chi connectivity index (χ3n) is 4.46. The standard InChI is InChI=1S/C17H21NO5/c19-16(20)9-13(18-17(21)11-4-2-1-3-5-11)12-6-7-14-15(8-12)23-10-22-14/h6-8,11,13H,1-5,9-10H2,(H,18,21)(H,19,20)/p-1/t13-/m0/s1. The first-order valence-corrected chi connectivity index (χ1v) is 8.03. The summed E-state index contributed by atoms with van der Waals surface area (Å²) in [5.41, 5.74) is 0.683. The van der Waals surface area contributed by atoms with Crippen LogP contribution >= 0.6 is 0 Å². The number of fused-ring (bicyclic) bond motifs is 1. The zero-order valence-corrected chi connectivity index (χ0v) is 12.9. The lowest BCUT2D eigenvalue weighted by Gasteiger charge is -2.25. The molecule has 0 spiro atoms. The molecule has 1 aromatic carbocycles. The number of amides is 1. The van der Waals surface area contributed by atoms with Crippen molar-refractivity contribution in [2.45, 2.75) is 44.6 Å². The molecular weight excluding hydrogens is 298 g/mol. The third kappa shape index (κ3) is 3.75. The van der Waals surface area contributed by atoms with Crippen molar-refractivity contribution in [2.24, 2.45) is 5.92 Å². The van der Waals surface area contributed by atoms with E-state index in [0.717, 1.165) is 32.1 Å². The lowest BCUT2D eigenvalue weighted by Crippen LogP contribution is -2.38. The van der Waals surface area contributed by atoms with Crippen LogP contribution in [0.1, 0.15) is 50.1 Å². The molecule has 1 N–H and O–H groups in total. The Morgan fingerprint density at radius 3 is 2.65 bits per heavy atom. The fraction of sp³-hybridized carbons (Fsp3) is 0.529. The molecule has 1 saturated carbocycles. The van der Waals surface area contributed by atoms with Crippen LogP contribution in [-0.4, -0.2) is 18.7 Å². The van der Waals surface area contributed by atoms with Crippen molar-refractivity contribution < 1.29 is 24.2 Å². The molecule has 0 saturated heterocycles. The highest BCUT2D eigenvalue weighted by molar-refractivity contribution is 5.80. The number of carboxylic acid groups (broad SMARTS) is 1. The number of nitrogens with one attached hydrogen (secondary N) is 1. The van der Waals surface area contributed by atoms with Gasteiger partial charge in [0.15, 0.2) is 11.5 Å². The number of ether oxygens (including phenoxy) is 2. The molecule has 1 aliphatic heterocycles. The molecule has 1 amide bonds. The highest BCUT2D eigenvalue weighted by Gasteiger charge is 2.25. The van der Waals surface area contributed by atoms with E-state index >= 15 is 0 Å². The van der Waals surface area contributed by atoms with E-state index < -0.39 is 12.0 Å². The second-order valence-corrected chi connectivity index (χ2v) is 6.08. The van der Waals surface area contributed by atoms with Crippen LogP contribution in [0.15, 0.2) is 18.2 Å².